The fraction of sp³-hybridized carbons (Fsp3) is 0.900. The van der Waals surface area contributed by atoms with Crippen molar-refractivity contribution in [3.8, 4) is 0 Å². The number of aliphatic hydroxyl groups is 4. The molecule has 5 aliphatic rings. The molecule has 6 heteroatoms. The second kappa shape index (κ2) is 7.65. The summed E-state index contributed by atoms with van der Waals surface area (Å²) >= 11 is 0. The van der Waals surface area contributed by atoms with Gasteiger partial charge in [-0.15, -0.1) is 0 Å². The number of carbonyl (C=O) groups is 1. The number of ether oxygens (including phenoxy) is 1. The van der Waals surface area contributed by atoms with Crippen molar-refractivity contribution < 1.29 is 30.0 Å². The van der Waals surface area contributed by atoms with Crippen molar-refractivity contribution in [2.75, 3.05) is 0 Å². The van der Waals surface area contributed by atoms with Crippen molar-refractivity contribution in [2.45, 2.75) is 130 Å². The molecule has 2 unspecified atom stereocenters. The first-order valence-corrected chi connectivity index (χ1v) is 14.0. The number of allylic oxidation sites excluding steroid dienone is 2. The zero-order chi connectivity index (χ0) is 26.9. The van der Waals surface area contributed by atoms with Gasteiger partial charge in [0.25, 0.3) is 0 Å². The van der Waals surface area contributed by atoms with E-state index in [1.165, 1.54) is 0 Å². The Hall–Kier alpha value is -0.790. The molecule has 4 N–H and O–H groups in total. The summed E-state index contributed by atoms with van der Waals surface area (Å²) in [5.74, 6) is -0.519. The lowest BCUT2D eigenvalue weighted by Crippen LogP contribution is -2.64. The summed E-state index contributed by atoms with van der Waals surface area (Å²) < 4.78 is 6.52. The van der Waals surface area contributed by atoms with Gasteiger partial charge in [-0.1, -0.05) is 40.2 Å². The molecule has 0 spiro atoms. The molecular weight excluding hydrogens is 456 g/mol. The number of rotatable bonds is 2. The number of hydrogen-bond donors (Lipinski definition) is 4. The van der Waals surface area contributed by atoms with Crippen LogP contribution in [0.2, 0.25) is 0 Å². The molecule has 0 aromatic heterocycles. The molecule has 36 heavy (non-hydrogen) atoms. The first-order chi connectivity index (χ1) is 16.3. The van der Waals surface area contributed by atoms with E-state index in [-0.39, 0.29) is 29.1 Å². The highest BCUT2D eigenvalue weighted by molar-refractivity contribution is 5.98. The molecule has 0 amide bonds. The van der Waals surface area contributed by atoms with Crippen LogP contribution in [0.15, 0.2) is 11.6 Å². The van der Waals surface area contributed by atoms with E-state index in [1.807, 2.05) is 33.8 Å². The summed E-state index contributed by atoms with van der Waals surface area (Å²) in [5.41, 5.74) is -2.84. The third-order valence-corrected chi connectivity index (χ3v) is 12.3. The Kier molecular flexibility index (Phi) is 5.70. The molecule has 11 atom stereocenters. The van der Waals surface area contributed by atoms with E-state index in [2.05, 4.69) is 13.8 Å². The van der Waals surface area contributed by atoms with Gasteiger partial charge in [-0.2, -0.15) is 0 Å². The largest absolute Gasteiger partial charge is 0.393 e. The van der Waals surface area contributed by atoms with Crippen LogP contribution in [0.5, 0.6) is 0 Å². The lowest BCUT2D eigenvalue weighted by molar-refractivity contribution is -0.186. The zero-order valence-electron chi connectivity index (χ0n) is 23.5. The molecule has 1 heterocycles. The van der Waals surface area contributed by atoms with Gasteiger partial charge in [0, 0.05) is 17.3 Å². The molecule has 4 fully saturated rings. The van der Waals surface area contributed by atoms with Crippen molar-refractivity contribution in [3.63, 3.8) is 0 Å². The smallest absolute Gasteiger partial charge is 0.162 e. The van der Waals surface area contributed by atoms with Crippen LogP contribution in [-0.4, -0.2) is 61.8 Å². The summed E-state index contributed by atoms with van der Waals surface area (Å²) in [4.78, 5) is 14.3. The molecule has 0 aromatic carbocycles. The first kappa shape index (κ1) is 26.8. The Bertz CT molecular complexity index is 980. The van der Waals surface area contributed by atoms with Crippen LogP contribution >= 0.6 is 0 Å². The maximum Gasteiger partial charge on any atom is 0.162 e. The van der Waals surface area contributed by atoms with Gasteiger partial charge in [-0.3, -0.25) is 4.79 Å². The number of ketones is 1. The summed E-state index contributed by atoms with van der Waals surface area (Å²) in [6, 6.07) is 0. The SMILES string of the molecule is CC(C)(O)[C@@H]1CC[C@](C)([C@H]2[C@@H](O)C[C@@]3(C)C4C[C@H](O)C5C(C)(C)[C@@H](O)CC[C@]5(C)C4=CC(=O)[C@]23C)O1. The minimum absolute atomic E-state index is 0.0303. The monoisotopic (exact) mass is 504 g/mol. The molecular formula is C30H48O6. The maximum absolute atomic E-state index is 14.3. The van der Waals surface area contributed by atoms with Gasteiger partial charge in [-0.25, -0.2) is 0 Å². The second-order valence-corrected chi connectivity index (χ2v) is 15.1. The fourth-order valence-corrected chi connectivity index (χ4v) is 10.3. The van der Waals surface area contributed by atoms with Crippen LogP contribution < -0.4 is 0 Å². The Morgan fingerprint density at radius 2 is 1.58 bits per heavy atom. The molecule has 5 rings (SSSR count). The average Bonchev–Trinajstić information content (AvgIpc) is 3.23. The fourth-order valence-electron chi connectivity index (χ4n) is 10.3. The van der Waals surface area contributed by atoms with Crippen molar-refractivity contribution in [2.24, 2.45) is 39.4 Å². The van der Waals surface area contributed by atoms with Crippen molar-refractivity contribution in [1.82, 2.24) is 0 Å². The van der Waals surface area contributed by atoms with Gasteiger partial charge in [0.2, 0.25) is 0 Å². The van der Waals surface area contributed by atoms with Gasteiger partial charge in [0.15, 0.2) is 5.78 Å². The Morgan fingerprint density at radius 3 is 2.17 bits per heavy atom. The molecule has 0 aromatic rings. The van der Waals surface area contributed by atoms with E-state index in [0.717, 1.165) is 12.0 Å². The van der Waals surface area contributed by atoms with Crippen LogP contribution in [0.4, 0.5) is 0 Å². The van der Waals surface area contributed by atoms with Gasteiger partial charge in [0.1, 0.15) is 0 Å². The van der Waals surface area contributed by atoms with E-state index in [1.54, 1.807) is 13.8 Å². The molecule has 3 saturated carbocycles. The van der Waals surface area contributed by atoms with Crippen LogP contribution in [-0.2, 0) is 9.53 Å². The van der Waals surface area contributed by atoms with Crippen molar-refractivity contribution in [3.05, 3.63) is 11.6 Å². The third-order valence-electron chi connectivity index (χ3n) is 12.3. The topological polar surface area (TPSA) is 107 Å². The lowest BCUT2D eigenvalue weighted by atomic mass is 9.40. The van der Waals surface area contributed by atoms with E-state index < -0.39 is 51.7 Å². The molecule has 204 valence electrons. The molecule has 1 aliphatic heterocycles. The molecule has 4 aliphatic carbocycles. The number of hydrogen-bond acceptors (Lipinski definition) is 6. The first-order valence-electron chi connectivity index (χ1n) is 14.0. The summed E-state index contributed by atoms with van der Waals surface area (Å²) in [7, 11) is 0. The van der Waals surface area contributed by atoms with E-state index in [0.29, 0.717) is 32.1 Å². The van der Waals surface area contributed by atoms with Gasteiger partial charge < -0.3 is 25.2 Å². The van der Waals surface area contributed by atoms with E-state index >= 15 is 0 Å². The normalized spacial score (nSPS) is 54.5. The lowest BCUT2D eigenvalue weighted by Gasteiger charge is -2.64. The maximum atomic E-state index is 14.3. The van der Waals surface area contributed by atoms with Crippen LogP contribution in [0.3, 0.4) is 0 Å². The minimum atomic E-state index is -0.995. The van der Waals surface area contributed by atoms with Crippen LogP contribution in [0.1, 0.15) is 93.9 Å². The Labute approximate surface area is 216 Å². The van der Waals surface area contributed by atoms with Crippen molar-refractivity contribution >= 4 is 5.78 Å². The molecule has 1 saturated heterocycles. The second-order valence-electron chi connectivity index (χ2n) is 15.1. The van der Waals surface area contributed by atoms with Crippen LogP contribution in [0, 0.1) is 39.4 Å². The number of fused-ring (bicyclic) bond motifs is 5. The molecule has 6 nitrogen and oxygen atoms in total. The molecule has 0 bridgehead atoms. The third kappa shape index (κ3) is 3.17. The highest BCUT2D eigenvalue weighted by Crippen LogP contribution is 2.73. The highest BCUT2D eigenvalue weighted by Gasteiger charge is 2.74. The number of aliphatic hydroxyl groups excluding tert-OH is 3. The van der Waals surface area contributed by atoms with E-state index in [9.17, 15) is 25.2 Å². The molecule has 0 radical (unpaired) electrons. The van der Waals surface area contributed by atoms with Gasteiger partial charge >= 0.3 is 0 Å². The minimum Gasteiger partial charge on any atom is -0.393 e. The van der Waals surface area contributed by atoms with Gasteiger partial charge in [-0.05, 0) is 87.5 Å². The van der Waals surface area contributed by atoms with Crippen molar-refractivity contribution in [1.29, 1.82) is 0 Å². The Balaban J connectivity index is 1.60. The predicted octanol–water partition coefficient (Wildman–Crippen LogP) is 3.78. The summed E-state index contributed by atoms with van der Waals surface area (Å²) in [5, 5.41) is 44.7. The van der Waals surface area contributed by atoms with Crippen LogP contribution in [0.25, 0.3) is 0 Å². The summed E-state index contributed by atoms with van der Waals surface area (Å²) in [6.07, 6.45) is 3.50. The summed E-state index contributed by atoms with van der Waals surface area (Å²) in [6.45, 7) is 16.0. The standard InChI is InChI=1S/C30H48O6/c1-25(2)20(33)9-11-27(5)16-14-21(34)30(8)24(29(7)12-10-22(36-29)26(3,4)35)19(32)15-28(30,6)17(16)13-18(31)23(25)27/h14,17-20,22-24,31-33,35H,9-13,15H2,1-8H3/t17?,18-,19-,20-,22-,23?,24+,27+,28-,29+,30+/m0/s1. The average molecular weight is 505 g/mol. The predicted molar refractivity (Wildman–Crippen MR) is 137 cm³/mol. The zero-order valence-corrected chi connectivity index (χ0v) is 23.5. The number of carbonyl (C=O) groups excluding carboxylic acids is 1. The van der Waals surface area contributed by atoms with Gasteiger partial charge in [0.05, 0.1) is 35.6 Å². The Morgan fingerprint density at radius 1 is 0.944 bits per heavy atom. The van der Waals surface area contributed by atoms with E-state index in [4.69, 9.17) is 4.74 Å². The quantitative estimate of drug-likeness (QED) is 0.456. The highest BCUT2D eigenvalue weighted by atomic mass is 16.5.